The quantitative estimate of drug-likeness (QED) is 0.773. The molecule has 1 aliphatic rings. The first-order valence-corrected chi connectivity index (χ1v) is 7.34. The van der Waals surface area contributed by atoms with E-state index in [9.17, 15) is 9.59 Å². The summed E-state index contributed by atoms with van der Waals surface area (Å²) in [5.41, 5.74) is 0. The highest BCUT2D eigenvalue weighted by atomic mass is 16.4. The lowest BCUT2D eigenvalue weighted by molar-refractivity contribution is -0.137. The van der Waals surface area contributed by atoms with Gasteiger partial charge in [-0.2, -0.15) is 0 Å². The molecule has 0 aromatic rings. The molecule has 0 spiro atoms. The maximum Gasteiger partial charge on any atom is 0.320 e. The number of aliphatic hydroxyl groups excluding tert-OH is 1. The van der Waals surface area contributed by atoms with Crippen LogP contribution in [-0.2, 0) is 4.79 Å². The molecular formula is C14H26N2O4. The van der Waals surface area contributed by atoms with Crippen molar-refractivity contribution in [3.63, 3.8) is 0 Å². The number of aliphatic hydroxyl groups is 1. The van der Waals surface area contributed by atoms with Crippen molar-refractivity contribution >= 4 is 12.0 Å². The van der Waals surface area contributed by atoms with Crippen molar-refractivity contribution in [1.82, 2.24) is 9.80 Å². The third-order valence-electron chi connectivity index (χ3n) is 3.86. The molecule has 0 radical (unpaired) electrons. The number of nitrogens with zero attached hydrogens (tertiary/aromatic N) is 2. The smallest absolute Gasteiger partial charge is 0.320 e. The molecule has 6 heteroatoms. The first-order chi connectivity index (χ1) is 9.45. The zero-order valence-electron chi connectivity index (χ0n) is 12.4. The Morgan fingerprint density at radius 3 is 2.35 bits per heavy atom. The molecule has 0 bridgehead atoms. The minimum absolute atomic E-state index is 0.0225. The SMILES string of the molecule is CC(C)N(CCO)C(=O)N1CCC(CCC(=O)O)CC1. The van der Waals surface area contributed by atoms with Crippen LogP contribution in [0.4, 0.5) is 4.79 Å². The van der Waals surface area contributed by atoms with Gasteiger partial charge in [0, 0.05) is 32.1 Å². The average Bonchev–Trinajstić information content (AvgIpc) is 2.42. The van der Waals surface area contributed by atoms with Crippen molar-refractivity contribution < 1.29 is 19.8 Å². The fourth-order valence-electron chi connectivity index (χ4n) is 2.60. The Hall–Kier alpha value is -1.30. The number of aliphatic carboxylic acids is 1. The molecule has 1 aliphatic heterocycles. The van der Waals surface area contributed by atoms with Crippen molar-refractivity contribution in [3.05, 3.63) is 0 Å². The highest BCUT2D eigenvalue weighted by molar-refractivity contribution is 5.74. The minimum atomic E-state index is -0.752. The maximum absolute atomic E-state index is 12.3. The third-order valence-corrected chi connectivity index (χ3v) is 3.86. The molecule has 1 rings (SSSR count). The van der Waals surface area contributed by atoms with E-state index in [4.69, 9.17) is 10.2 Å². The molecule has 6 nitrogen and oxygen atoms in total. The van der Waals surface area contributed by atoms with E-state index in [1.165, 1.54) is 0 Å². The molecule has 0 aromatic heterocycles. The fourth-order valence-corrected chi connectivity index (χ4v) is 2.60. The Labute approximate surface area is 120 Å². The molecule has 116 valence electrons. The van der Waals surface area contributed by atoms with Crippen LogP contribution >= 0.6 is 0 Å². The summed E-state index contributed by atoms with van der Waals surface area (Å²) in [4.78, 5) is 26.4. The molecular weight excluding hydrogens is 260 g/mol. The van der Waals surface area contributed by atoms with E-state index in [2.05, 4.69) is 0 Å². The van der Waals surface area contributed by atoms with Gasteiger partial charge in [-0.05, 0) is 39.0 Å². The monoisotopic (exact) mass is 286 g/mol. The van der Waals surface area contributed by atoms with E-state index < -0.39 is 5.97 Å². The van der Waals surface area contributed by atoms with Gasteiger partial charge in [0.2, 0.25) is 0 Å². The average molecular weight is 286 g/mol. The van der Waals surface area contributed by atoms with Crippen molar-refractivity contribution in [2.24, 2.45) is 5.92 Å². The first kappa shape index (κ1) is 16.8. The zero-order chi connectivity index (χ0) is 15.1. The van der Waals surface area contributed by atoms with Crippen LogP contribution < -0.4 is 0 Å². The van der Waals surface area contributed by atoms with Crippen LogP contribution in [0, 0.1) is 5.92 Å². The van der Waals surface area contributed by atoms with Crippen LogP contribution in [0.25, 0.3) is 0 Å². The molecule has 0 aliphatic carbocycles. The van der Waals surface area contributed by atoms with Gasteiger partial charge in [-0.25, -0.2) is 4.79 Å². The first-order valence-electron chi connectivity index (χ1n) is 7.34. The van der Waals surface area contributed by atoms with Crippen LogP contribution in [0.15, 0.2) is 0 Å². The largest absolute Gasteiger partial charge is 0.481 e. The number of carboxylic acid groups (broad SMARTS) is 1. The molecule has 1 heterocycles. The van der Waals surface area contributed by atoms with Gasteiger partial charge in [-0.3, -0.25) is 4.79 Å². The molecule has 2 amide bonds. The predicted octanol–water partition coefficient (Wildman–Crippen LogP) is 1.39. The Kier molecular flexibility index (Phi) is 6.78. The topological polar surface area (TPSA) is 81.1 Å². The number of carbonyl (C=O) groups is 2. The van der Waals surface area contributed by atoms with E-state index >= 15 is 0 Å². The Bertz CT molecular complexity index is 325. The summed E-state index contributed by atoms with van der Waals surface area (Å²) in [6, 6.07) is 0.0464. The number of carboxylic acids is 1. The van der Waals surface area contributed by atoms with E-state index in [1.807, 2.05) is 18.7 Å². The summed E-state index contributed by atoms with van der Waals surface area (Å²) in [5, 5.41) is 17.7. The van der Waals surface area contributed by atoms with Gasteiger partial charge in [0.05, 0.1) is 6.61 Å². The lowest BCUT2D eigenvalue weighted by atomic mass is 9.92. The second kappa shape index (κ2) is 8.09. The van der Waals surface area contributed by atoms with Gasteiger partial charge in [0.15, 0.2) is 0 Å². The lowest BCUT2D eigenvalue weighted by Gasteiger charge is -2.37. The van der Waals surface area contributed by atoms with Gasteiger partial charge in [-0.15, -0.1) is 0 Å². The van der Waals surface area contributed by atoms with Gasteiger partial charge in [-0.1, -0.05) is 0 Å². The summed E-state index contributed by atoms with van der Waals surface area (Å²) < 4.78 is 0. The standard InChI is InChI=1S/C14H26N2O4/c1-11(2)16(9-10-17)14(20)15-7-5-12(6-8-15)3-4-13(18)19/h11-12,17H,3-10H2,1-2H3,(H,18,19). The fraction of sp³-hybridized carbons (Fsp3) is 0.857. The summed E-state index contributed by atoms with van der Waals surface area (Å²) in [6.45, 7) is 5.56. The molecule has 0 unspecified atom stereocenters. The van der Waals surface area contributed by atoms with Crippen LogP contribution in [-0.4, -0.2) is 64.3 Å². The van der Waals surface area contributed by atoms with E-state index in [1.54, 1.807) is 4.90 Å². The second-order valence-corrected chi connectivity index (χ2v) is 5.66. The summed E-state index contributed by atoms with van der Waals surface area (Å²) in [5.74, 6) is -0.349. The van der Waals surface area contributed by atoms with Crippen LogP contribution in [0.1, 0.15) is 39.5 Å². The second-order valence-electron chi connectivity index (χ2n) is 5.66. The number of hydrogen-bond acceptors (Lipinski definition) is 3. The number of likely N-dealkylation sites (tertiary alicyclic amines) is 1. The number of rotatable bonds is 6. The Morgan fingerprint density at radius 1 is 1.30 bits per heavy atom. The molecule has 0 saturated carbocycles. The zero-order valence-corrected chi connectivity index (χ0v) is 12.4. The van der Waals surface area contributed by atoms with Crippen molar-refractivity contribution in [3.8, 4) is 0 Å². The Morgan fingerprint density at radius 2 is 1.90 bits per heavy atom. The maximum atomic E-state index is 12.3. The summed E-state index contributed by atoms with van der Waals surface area (Å²) in [6.07, 6.45) is 2.64. The van der Waals surface area contributed by atoms with Crippen LogP contribution in [0.2, 0.25) is 0 Å². The van der Waals surface area contributed by atoms with Gasteiger partial charge in [0.1, 0.15) is 0 Å². The molecule has 20 heavy (non-hydrogen) atoms. The van der Waals surface area contributed by atoms with Crippen molar-refractivity contribution in [2.75, 3.05) is 26.2 Å². The Balaban J connectivity index is 2.43. The van der Waals surface area contributed by atoms with Gasteiger partial charge < -0.3 is 20.0 Å². The molecule has 0 aromatic carbocycles. The highest BCUT2D eigenvalue weighted by Gasteiger charge is 2.27. The van der Waals surface area contributed by atoms with Crippen molar-refractivity contribution in [2.45, 2.75) is 45.6 Å². The van der Waals surface area contributed by atoms with Crippen LogP contribution in [0.5, 0.6) is 0 Å². The summed E-state index contributed by atoms with van der Waals surface area (Å²) in [7, 11) is 0. The van der Waals surface area contributed by atoms with Crippen molar-refractivity contribution in [1.29, 1.82) is 0 Å². The number of amides is 2. The van der Waals surface area contributed by atoms with Crippen LogP contribution in [0.3, 0.4) is 0 Å². The normalized spacial score (nSPS) is 16.5. The number of piperidine rings is 1. The highest BCUT2D eigenvalue weighted by Crippen LogP contribution is 2.23. The van der Waals surface area contributed by atoms with Gasteiger partial charge >= 0.3 is 12.0 Å². The molecule has 1 saturated heterocycles. The third kappa shape index (κ3) is 5.00. The van der Waals surface area contributed by atoms with E-state index in [0.717, 1.165) is 12.8 Å². The minimum Gasteiger partial charge on any atom is -0.481 e. The number of urea groups is 1. The van der Waals surface area contributed by atoms with E-state index in [0.29, 0.717) is 32.0 Å². The molecule has 2 N–H and O–H groups in total. The molecule has 1 fully saturated rings. The number of hydrogen-bond donors (Lipinski definition) is 2. The van der Waals surface area contributed by atoms with E-state index in [-0.39, 0.29) is 25.1 Å². The number of carbonyl (C=O) groups excluding carboxylic acids is 1. The molecule has 0 atom stereocenters. The van der Waals surface area contributed by atoms with Gasteiger partial charge in [0.25, 0.3) is 0 Å². The lowest BCUT2D eigenvalue weighted by Crippen LogP contribution is -2.50. The predicted molar refractivity (Wildman–Crippen MR) is 75.5 cm³/mol. The summed E-state index contributed by atoms with van der Waals surface area (Å²) >= 11 is 0.